The molecule has 0 bridgehead atoms. The van der Waals surface area contributed by atoms with Gasteiger partial charge < -0.3 is 18.6 Å². The SMILES string of the molecule is COc1cc(C=Nn2c(-c3cc4c(OC)cccc4o3)nc3ccccc3c2=O)cc(I)c1OCc1ccc(F)cc1. The maximum Gasteiger partial charge on any atom is 0.282 e. The summed E-state index contributed by atoms with van der Waals surface area (Å²) in [6.07, 6.45) is 1.55. The summed E-state index contributed by atoms with van der Waals surface area (Å²) in [4.78, 5) is 18.4. The minimum absolute atomic E-state index is 0.240. The molecule has 8 nitrogen and oxygen atoms in total. The Morgan fingerprint density at radius 1 is 0.952 bits per heavy atom. The van der Waals surface area contributed by atoms with Gasteiger partial charge in [-0.3, -0.25) is 4.79 Å². The van der Waals surface area contributed by atoms with Crippen molar-refractivity contribution in [3.63, 3.8) is 0 Å². The summed E-state index contributed by atoms with van der Waals surface area (Å²) in [6, 6.07) is 24.1. The van der Waals surface area contributed by atoms with Crippen LogP contribution in [0, 0.1) is 9.39 Å². The summed E-state index contributed by atoms with van der Waals surface area (Å²) in [7, 11) is 3.13. The minimum Gasteiger partial charge on any atom is -0.496 e. The van der Waals surface area contributed by atoms with Crippen molar-refractivity contribution in [2.45, 2.75) is 6.61 Å². The van der Waals surface area contributed by atoms with Gasteiger partial charge in [-0.15, -0.1) is 0 Å². The van der Waals surface area contributed by atoms with Gasteiger partial charge in [0.2, 0.25) is 5.82 Å². The third-order valence-electron chi connectivity index (χ3n) is 6.59. The van der Waals surface area contributed by atoms with Crippen molar-refractivity contribution in [3.8, 4) is 28.8 Å². The molecule has 0 fully saturated rings. The fourth-order valence-electron chi connectivity index (χ4n) is 4.53. The molecule has 0 amide bonds. The van der Waals surface area contributed by atoms with E-state index in [9.17, 15) is 9.18 Å². The van der Waals surface area contributed by atoms with E-state index in [1.807, 2.05) is 30.3 Å². The van der Waals surface area contributed by atoms with Crippen LogP contribution in [0.4, 0.5) is 4.39 Å². The summed E-state index contributed by atoms with van der Waals surface area (Å²) in [6.45, 7) is 0.240. The lowest BCUT2D eigenvalue weighted by molar-refractivity contribution is 0.282. The van der Waals surface area contributed by atoms with Crippen LogP contribution in [0.15, 0.2) is 99.2 Å². The van der Waals surface area contributed by atoms with Crippen LogP contribution in [0.1, 0.15) is 11.1 Å². The average molecular weight is 675 g/mol. The van der Waals surface area contributed by atoms with E-state index in [0.29, 0.717) is 45.1 Å². The number of furan rings is 1. The fourth-order valence-corrected chi connectivity index (χ4v) is 5.31. The lowest BCUT2D eigenvalue weighted by Crippen LogP contribution is -2.20. The van der Waals surface area contributed by atoms with E-state index in [4.69, 9.17) is 23.6 Å². The largest absolute Gasteiger partial charge is 0.496 e. The number of nitrogens with zero attached hydrogens (tertiary/aromatic N) is 3. The van der Waals surface area contributed by atoms with E-state index in [2.05, 4.69) is 27.7 Å². The molecule has 0 saturated heterocycles. The Morgan fingerprint density at radius 3 is 2.52 bits per heavy atom. The topological polar surface area (TPSA) is 88.1 Å². The fraction of sp³-hybridized carbons (Fsp3) is 0.0938. The standard InChI is InChI=1S/C32H23FIN3O5/c1-39-26-8-5-9-27-23(26)16-29(42-27)31-36-25-7-4-3-6-22(25)32(38)37(31)35-17-20-14-24(34)30(28(15-20)40-2)41-18-19-10-12-21(33)13-11-19/h3-17H,18H2,1-2H3. The number of methoxy groups -OCH3 is 2. The molecule has 6 rings (SSSR count). The number of hydrogen-bond donors (Lipinski definition) is 0. The number of benzene rings is 4. The van der Waals surface area contributed by atoms with Gasteiger partial charge in [0, 0.05) is 0 Å². The molecule has 42 heavy (non-hydrogen) atoms. The third kappa shape index (κ3) is 5.32. The van der Waals surface area contributed by atoms with Gasteiger partial charge in [0.15, 0.2) is 17.3 Å². The molecular weight excluding hydrogens is 652 g/mol. The number of rotatable bonds is 8. The van der Waals surface area contributed by atoms with Crippen molar-refractivity contribution in [3.05, 3.63) is 116 Å². The lowest BCUT2D eigenvalue weighted by Gasteiger charge is -2.14. The van der Waals surface area contributed by atoms with Gasteiger partial charge in [-0.05, 0) is 88.3 Å². The zero-order chi connectivity index (χ0) is 29.2. The van der Waals surface area contributed by atoms with Crippen LogP contribution >= 0.6 is 22.6 Å². The number of aromatic nitrogens is 2. The second kappa shape index (κ2) is 11.6. The van der Waals surface area contributed by atoms with Crippen LogP contribution in [-0.2, 0) is 6.61 Å². The molecule has 2 heterocycles. The first-order valence-corrected chi connectivity index (χ1v) is 13.9. The van der Waals surface area contributed by atoms with Gasteiger partial charge in [-0.2, -0.15) is 9.78 Å². The Bertz CT molecular complexity index is 2020. The van der Waals surface area contributed by atoms with Crippen LogP contribution in [0.3, 0.4) is 0 Å². The smallest absolute Gasteiger partial charge is 0.282 e. The molecule has 0 aliphatic rings. The number of ether oxygens (including phenoxy) is 3. The van der Waals surface area contributed by atoms with Crippen molar-refractivity contribution in [2.75, 3.05) is 14.2 Å². The quantitative estimate of drug-likeness (QED) is 0.127. The molecule has 0 unspecified atom stereocenters. The summed E-state index contributed by atoms with van der Waals surface area (Å²) in [5.74, 6) is 1.97. The van der Waals surface area contributed by atoms with E-state index < -0.39 is 0 Å². The molecule has 0 radical (unpaired) electrons. The normalized spacial score (nSPS) is 11.4. The van der Waals surface area contributed by atoms with E-state index >= 15 is 0 Å². The maximum atomic E-state index is 13.6. The Hall–Kier alpha value is -4.71. The van der Waals surface area contributed by atoms with Gasteiger partial charge in [-0.25, -0.2) is 9.37 Å². The summed E-state index contributed by atoms with van der Waals surface area (Å²) in [5.41, 5.74) is 2.26. The predicted molar refractivity (Wildman–Crippen MR) is 167 cm³/mol. The van der Waals surface area contributed by atoms with Crippen LogP contribution in [0.5, 0.6) is 17.2 Å². The molecule has 2 aromatic heterocycles. The molecule has 0 N–H and O–H groups in total. The van der Waals surface area contributed by atoms with Crippen LogP contribution < -0.4 is 19.8 Å². The molecule has 0 aliphatic carbocycles. The van der Waals surface area contributed by atoms with E-state index in [0.717, 1.165) is 14.5 Å². The first-order chi connectivity index (χ1) is 20.4. The number of para-hydroxylation sites is 1. The van der Waals surface area contributed by atoms with Crippen molar-refractivity contribution in [1.29, 1.82) is 0 Å². The van der Waals surface area contributed by atoms with Gasteiger partial charge in [0.1, 0.15) is 23.8 Å². The molecule has 0 spiro atoms. The Morgan fingerprint density at radius 2 is 1.74 bits per heavy atom. The second-order valence-electron chi connectivity index (χ2n) is 9.25. The monoisotopic (exact) mass is 675 g/mol. The van der Waals surface area contributed by atoms with Gasteiger partial charge in [0.05, 0.1) is 40.3 Å². The molecule has 10 heteroatoms. The van der Waals surface area contributed by atoms with Crippen molar-refractivity contribution in [2.24, 2.45) is 5.10 Å². The molecule has 6 aromatic rings. The molecule has 0 aliphatic heterocycles. The molecule has 0 saturated carbocycles. The molecule has 210 valence electrons. The van der Waals surface area contributed by atoms with Gasteiger partial charge in [0.25, 0.3) is 5.56 Å². The van der Waals surface area contributed by atoms with E-state index in [-0.39, 0.29) is 23.8 Å². The summed E-state index contributed by atoms with van der Waals surface area (Å²) >= 11 is 2.15. The zero-order valence-electron chi connectivity index (χ0n) is 22.5. The van der Waals surface area contributed by atoms with Crippen molar-refractivity contribution >= 4 is 50.7 Å². The highest BCUT2D eigenvalue weighted by Gasteiger charge is 2.18. The van der Waals surface area contributed by atoms with E-state index in [1.54, 1.807) is 62.9 Å². The van der Waals surface area contributed by atoms with Crippen LogP contribution in [0.25, 0.3) is 33.5 Å². The van der Waals surface area contributed by atoms with Gasteiger partial charge in [-0.1, -0.05) is 30.3 Å². The summed E-state index contributed by atoms with van der Waals surface area (Å²) < 4.78 is 38.4. The summed E-state index contributed by atoms with van der Waals surface area (Å²) in [5, 5.41) is 5.73. The first kappa shape index (κ1) is 27.5. The third-order valence-corrected chi connectivity index (χ3v) is 7.39. The zero-order valence-corrected chi connectivity index (χ0v) is 24.7. The van der Waals surface area contributed by atoms with Gasteiger partial charge >= 0.3 is 0 Å². The average Bonchev–Trinajstić information content (AvgIpc) is 3.45. The Kier molecular flexibility index (Phi) is 7.62. The highest BCUT2D eigenvalue weighted by atomic mass is 127. The minimum atomic E-state index is -0.347. The highest BCUT2D eigenvalue weighted by molar-refractivity contribution is 14.1. The molecule has 0 atom stereocenters. The molecule has 4 aromatic carbocycles. The first-order valence-electron chi connectivity index (χ1n) is 12.8. The van der Waals surface area contributed by atoms with E-state index in [1.165, 1.54) is 16.8 Å². The highest BCUT2D eigenvalue weighted by Crippen LogP contribution is 2.35. The van der Waals surface area contributed by atoms with Crippen molar-refractivity contribution < 1.29 is 23.0 Å². The van der Waals surface area contributed by atoms with Crippen molar-refractivity contribution in [1.82, 2.24) is 9.66 Å². The Labute approximate surface area is 253 Å². The molecular formula is C32H23FIN3O5. The number of fused-ring (bicyclic) bond motifs is 2. The maximum absolute atomic E-state index is 13.6. The second-order valence-corrected chi connectivity index (χ2v) is 10.4. The number of halogens is 2. The Balaban J connectivity index is 1.40. The van der Waals surface area contributed by atoms with Crippen LogP contribution in [-0.4, -0.2) is 30.1 Å². The number of hydrogen-bond acceptors (Lipinski definition) is 7. The van der Waals surface area contributed by atoms with Crippen LogP contribution in [0.2, 0.25) is 0 Å². The predicted octanol–water partition coefficient (Wildman–Crippen LogP) is 7.03. The lowest BCUT2D eigenvalue weighted by atomic mass is 10.2.